The lowest BCUT2D eigenvalue weighted by molar-refractivity contribution is -0.386. The van der Waals surface area contributed by atoms with Crippen LogP contribution in [0.1, 0.15) is 56.4 Å². The Bertz CT molecular complexity index is 1640. The van der Waals surface area contributed by atoms with Gasteiger partial charge >= 0.3 is 5.69 Å². The first-order valence-electron chi connectivity index (χ1n) is 13.1. The highest BCUT2D eigenvalue weighted by molar-refractivity contribution is 6.03. The lowest BCUT2D eigenvalue weighted by Gasteiger charge is -2.33. The van der Waals surface area contributed by atoms with Gasteiger partial charge in [-0.25, -0.2) is 9.99 Å². The predicted molar refractivity (Wildman–Crippen MR) is 147 cm³/mol. The molecule has 210 valence electrons. The Hall–Kier alpha value is -4.00. The van der Waals surface area contributed by atoms with Gasteiger partial charge in [0.1, 0.15) is 17.0 Å². The predicted octanol–water partition coefficient (Wildman–Crippen LogP) is 2.66. The number of pyridine rings is 2. The number of para-hydroxylation sites is 1. The third-order valence-electron chi connectivity index (χ3n) is 7.45. The highest BCUT2D eigenvalue weighted by Gasteiger charge is 2.46. The molecule has 1 aromatic carbocycles. The molecule has 5 rings (SSSR count). The normalized spacial score (nSPS) is 18.1. The molecule has 2 aromatic heterocycles. The summed E-state index contributed by atoms with van der Waals surface area (Å²) in [4.78, 5) is 43.5. The van der Waals surface area contributed by atoms with Crippen LogP contribution in [0.25, 0.3) is 22.3 Å². The first-order valence-corrected chi connectivity index (χ1v) is 13.1. The Morgan fingerprint density at radius 2 is 2.05 bits per heavy atom. The standard InChI is InChI=1S/C28H31N5O7/c1-5-28(37)15-40-14-19-21(28)23(33(38)39)24-22-18(13-31(24)25(19)35)17(16-8-6-7-9-20(16)30-22)12-29-32(10-11-34)26(36)27(2,3)4/h6-9,12,34,37H,5,10-11,13-15H2,1-4H3/b29-12+/t28-/m1/s1. The monoisotopic (exact) mass is 549 g/mol. The minimum absolute atomic E-state index is 0.0193. The second-order valence-electron chi connectivity index (χ2n) is 11.1. The van der Waals surface area contributed by atoms with Gasteiger partial charge in [-0.3, -0.25) is 24.3 Å². The average molecular weight is 550 g/mol. The van der Waals surface area contributed by atoms with Crippen LogP contribution in [0.4, 0.5) is 5.69 Å². The van der Waals surface area contributed by atoms with Gasteiger partial charge in [0.25, 0.3) is 5.56 Å². The molecule has 1 amide bonds. The molecule has 0 bridgehead atoms. The van der Waals surface area contributed by atoms with E-state index in [0.29, 0.717) is 22.0 Å². The number of carbonyl (C=O) groups is 1. The number of fused-ring (bicyclic) bond motifs is 5. The Balaban J connectivity index is 1.80. The lowest BCUT2D eigenvalue weighted by Crippen LogP contribution is -2.41. The van der Waals surface area contributed by atoms with Gasteiger partial charge in [0.2, 0.25) is 5.91 Å². The summed E-state index contributed by atoms with van der Waals surface area (Å²) < 4.78 is 6.81. The molecule has 0 spiro atoms. The Kier molecular flexibility index (Phi) is 6.81. The molecule has 0 saturated heterocycles. The van der Waals surface area contributed by atoms with E-state index in [1.54, 1.807) is 39.8 Å². The molecular weight excluding hydrogens is 518 g/mol. The Morgan fingerprint density at radius 3 is 2.70 bits per heavy atom. The molecule has 12 heteroatoms. The molecule has 12 nitrogen and oxygen atoms in total. The highest BCUT2D eigenvalue weighted by atomic mass is 16.6. The van der Waals surface area contributed by atoms with Crippen LogP contribution in [0, 0.1) is 15.5 Å². The number of nitro groups is 1. The van der Waals surface area contributed by atoms with Crippen LogP contribution in [-0.2, 0) is 28.3 Å². The van der Waals surface area contributed by atoms with Gasteiger partial charge in [0.05, 0.1) is 60.7 Å². The fourth-order valence-corrected chi connectivity index (χ4v) is 5.40. The zero-order valence-electron chi connectivity index (χ0n) is 22.8. The largest absolute Gasteiger partial charge is 0.394 e. The first kappa shape index (κ1) is 27.6. The van der Waals surface area contributed by atoms with Crippen molar-refractivity contribution in [2.24, 2.45) is 10.5 Å². The van der Waals surface area contributed by atoms with E-state index in [2.05, 4.69) is 5.10 Å². The van der Waals surface area contributed by atoms with Crippen LogP contribution in [0.15, 0.2) is 34.2 Å². The Morgan fingerprint density at radius 1 is 1.32 bits per heavy atom. The van der Waals surface area contributed by atoms with Gasteiger partial charge < -0.3 is 14.9 Å². The number of carbonyl (C=O) groups excluding carboxylic acids is 1. The van der Waals surface area contributed by atoms with Crippen molar-refractivity contribution in [3.05, 3.63) is 67.0 Å². The van der Waals surface area contributed by atoms with E-state index in [9.17, 15) is 29.9 Å². The van der Waals surface area contributed by atoms with Crippen LogP contribution in [-0.4, -0.2) is 61.6 Å². The van der Waals surface area contributed by atoms with Crippen molar-refractivity contribution in [2.75, 3.05) is 19.8 Å². The third-order valence-corrected chi connectivity index (χ3v) is 7.45. The van der Waals surface area contributed by atoms with Crippen LogP contribution >= 0.6 is 0 Å². The molecule has 0 aliphatic carbocycles. The van der Waals surface area contributed by atoms with E-state index in [0.717, 1.165) is 0 Å². The molecule has 4 heterocycles. The molecule has 0 saturated carbocycles. The van der Waals surface area contributed by atoms with Gasteiger partial charge in [-0.1, -0.05) is 45.9 Å². The number of ether oxygens (including phenoxy) is 1. The van der Waals surface area contributed by atoms with Crippen LogP contribution in [0.3, 0.4) is 0 Å². The van der Waals surface area contributed by atoms with Crippen molar-refractivity contribution >= 4 is 28.7 Å². The molecule has 3 aromatic rings. The maximum absolute atomic E-state index is 13.7. The number of hydrazone groups is 1. The van der Waals surface area contributed by atoms with Crippen molar-refractivity contribution in [1.29, 1.82) is 0 Å². The first-order chi connectivity index (χ1) is 18.9. The number of hydrogen-bond donors (Lipinski definition) is 2. The topological polar surface area (TPSA) is 160 Å². The van der Waals surface area contributed by atoms with Crippen molar-refractivity contribution < 1.29 is 24.7 Å². The number of aliphatic hydroxyl groups excluding tert-OH is 1. The molecule has 0 unspecified atom stereocenters. The highest BCUT2D eigenvalue weighted by Crippen LogP contribution is 2.46. The molecule has 0 radical (unpaired) electrons. The molecular formula is C28H31N5O7. The number of rotatable bonds is 6. The van der Waals surface area contributed by atoms with Crippen LogP contribution in [0.5, 0.6) is 0 Å². The zero-order valence-corrected chi connectivity index (χ0v) is 22.8. The van der Waals surface area contributed by atoms with Crippen molar-refractivity contribution in [3.8, 4) is 11.4 Å². The van der Waals surface area contributed by atoms with Gasteiger partial charge in [-0.15, -0.1) is 0 Å². The van der Waals surface area contributed by atoms with E-state index in [1.807, 2.05) is 12.1 Å². The summed E-state index contributed by atoms with van der Waals surface area (Å²) >= 11 is 0. The average Bonchev–Trinajstić information content (AvgIpc) is 3.29. The van der Waals surface area contributed by atoms with Crippen molar-refractivity contribution in [2.45, 2.75) is 52.9 Å². The number of amides is 1. The molecule has 2 N–H and O–H groups in total. The van der Waals surface area contributed by atoms with Gasteiger partial charge in [-0.2, -0.15) is 5.10 Å². The van der Waals surface area contributed by atoms with E-state index in [-0.39, 0.29) is 73.4 Å². The minimum Gasteiger partial charge on any atom is -0.394 e. The molecule has 2 aliphatic rings. The van der Waals surface area contributed by atoms with Crippen LogP contribution < -0.4 is 5.56 Å². The molecule has 40 heavy (non-hydrogen) atoms. The van der Waals surface area contributed by atoms with Crippen molar-refractivity contribution in [3.63, 3.8) is 0 Å². The quantitative estimate of drug-likeness (QED) is 0.211. The maximum Gasteiger partial charge on any atom is 0.301 e. The smallest absolute Gasteiger partial charge is 0.301 e. The maximum atomic E-state index is 13.7. The third kappa shape index (κ3) is 4.28. The number of nitrogens with zero attached hydrogens (tertiary/aromatic N) is 5. The number of benzene rings is 1. The molecule has 0 fully saturated rings. The van der Waals surface area contributed by atoms with Gasteiger partial charge in [-0.05, 0) is 12.5 Å². The molecule has 2 aliphatic heterocycles. The number of aliphatic hydroxyl groups is 2. The van der Waals surface area contributed by atoms with E-state index in [4.69, 9.17) is 9.72 Å². The summed E-state index contributed by atoms with van der Waals surface area (Å²) in [5.41, 5.74) is -1.42. The number of hydrogen-bond acceptors (Lipinski definition) is 9. The minimum atomic E-state index is -1.70. The van der Waals surface area contributed by atoms with Gasteiger partial charge in [0, 0.05) is 21.9 Å². The fourth-order valence-electron chi connectivity index (χ4n) is 5.40. The van der Waals surface area contributed by atoms with E-state index < -0.39 is 21.5 Å². The summed E-state index contributed by atoms with van der Waals surface area (Å²) in [6.45, 7) is 6.27. The second kappa shape index (κ2) is 9.88. The summed E-state index contributed by atoms with van der Waals surface area (Å²) in [6.07, 6.45) is 1.60. The second-order valence-corrected chi connectivity index (χ2v) is 11.1. The lowest BCUT2D eigenvalue weighted by atomic mass is 9.85. The summed E-state index contributed by atoms with van der Waals surface area (Å²) in [5.74, 6) is -0.297. The fraction of sp³-hybridized carbons (Fsp3) is 0.429. The van der Waals surface area contributed by atoms with Gasteiger partial charge in [0.15, 0.2) is 0 Å². The van der Waals surface area contributed by atoms with Crippen LogP contribution in [0.2, 0.25) is 0 Å². The van der Waals surface area contributed by atoms with E-state index in [1.165, 1.54) is 15.8 Å². The van der Waals surface area contributed by atoms with Crippen molar-refractivity contribution in [1.82, 2.24) is 14.6 Å². The summed E-state index contributed by atoms with van der Waals surface area (Å²) in [5, 5.41) is 39.8. The Labute approximate surface area is 229 Å². The summed E-state index contributed by atoms with van der Waals surface area (Å²) in [7, 11) is 0. The SMILES string of the molecule is CC[C@@]1(O)COCc2c1c([N+](=O)[O-])c1n(c2=O)Cc2c-1nc1ccccc1c2/C=N/N(CCO)C(=O)C(C)(C)C. The van der Waals surface area contributed by atoms with E-state index >= 15 is 0 Å². The molecule has 1 atom stereocenters. The summed E-state index contributed by atoms with van der Waals surface area (Å²) in [6, 6.07) is 7.16. The zero-order chi connectivity index (χ0) is 29.0. The number of aromatic nitrogens is 2.